The third kappa shape index (κ3) is 4.34. The van der Waals surface area contributed by atoms with Crippen LogP contribution in [-0.2, 0) is 4.79 Å². The monoisotopic (exact) mass is 222 g/mol. The molecule has 0 amide bonds. The van der Waals surface area contributed by atoms with Crippen molar-refractivity contribution in [2.75, 3.05) is 13.2 Å². The number of hydrogen-bond acceptors (Lipinski definition) is 3. The Hall–Kier alpha value is -1.51. The third-order valence-corrected chi connectivity index (χ3v) is 2.05. The van der Waals surface area contributed by atoms with Crippen LogP contribution in [-0.4, -0.2) is 19.0 Å². The van der Waals surface area contributed by atoms with E-state index in [1.54, 1.807) is 6.07 Å². The highest BCUT2D eigenvalue weighted by Gasteiger charge is 2.02. The van der Waals surface area contributed by atoms with Gasteiger partial charge < -0.3 is 9.47 Å². The molecule has 0 spiro atoms. The Balaban J connectivity index is 2.47. The molecular formula is C13H18O3. The molecule has 0 heterocycles. The van der Waals surface area contributed by atoms with Crippen molar-refractivity contribution in [3.05, 3.63) is 24.3 Å². The normalized spacial score (nSPS) is 9.88. The molecule has 1 aromatic rings. The second-order valence-corrected chi connectivity index (χ2v) is 3.49. The fourth-order valence-electron chi connectivity index (χ4n) is 1.34. The topological polar surface area (TPSA) is 35.5 Å². The molecule has 0 N–H and O–H groups in total. The number of rotatable bonds is 7. The fraction of sp³-hybridized carbons (Fsp3) is 0.462. The lowest BCUT2D eigenvalue weighted by molar-refractivity contribution is -0.121. The summed E-state index contributed by atoms with van der Waals surface area (Å²) in [4.78, 5) is 11.3. The van der Waals surface area contributed by atoms with Crippen molar-refractivity contribution in [2.24, 2.45) is 0 Å². The molecule has 0 fully saturated rings. The zero-order valence-corrected chi connectivity index (χ0v) is 9.86. The number of ketones is 1. The Bertz CT molecular complexity index is 334. The molecule has 3 nitrogen and oxygen atoms in total. The van der Waals surface area contributed by atoms with E-state index in [2.05, 4.69) is 0 Å². The second kappa shape index (κ2) is 6.88. The number of hydrogen-bond donors (Lipinski definition) is 0. The Morgan fingerprint density at radius 2 is 1.88 bits per heavy atom. The minimum atomic E-state index is 0.129. The first kappa shape index (κ1) is 12.6. The maximum absolute atomic E-state index is 11.3. The van der Waals surface area contributed by atoms with Crippen molar-refractivity contribution in [3.63, 3.8) is 0 Å². The van der Waals surface area contributed by atoms with Crippen LogP contribution in [0.2, 0.25) is 0 Å². The highest BCUT2D eigenvalue weighted by molar-refractivity contribution is 5.79. The van der Waals surface area contributed by atoms with Gasteiger partial charge in [-0.1, -0.05) is 13.0 Å². The van der Waals surface area contributed by atoms with Crippen LogP contribution in [0.4, 0.5) is 0 Å². The number of benzene rings is 1. The van der Waals surface area contributed by atoms with E-state index in [1.807, 2.05) is 32.0 Å². The van der Waals surface area contributed by atoms with Gasteiger partial charge in [-0.3, -0.25) is 4.79 Å². The molecule has 0 bridgehead atoms. The van der Waals surface area contributed by atoms with Crippen LogP contribution >= 0.6 is 0 Å². The summed E-state index contributed by atoms with van der Waals surface area (Å²) in [6, 6.07) is 7.33. The smallest absolute Gasteiger partial charge is 0.170 e. The molecule has 3 heteroatoms. The molecule has 0 radical (unpaired) electrons. The molecule has 0 aromatic heterocycles. The van der Waals surface area contributed by atoms with Gasteiger partial charge in [0.2, 0.25) is 0 Å². The maximum Gasteiger partial charge on any atom is 0.170 e. The van der Waals surface area contributed by atoms with Crippen molar-refractivity contribution in [1.82, 2.24) is 0 Å². The summed E-state index contributed by atoms with van der Waals surface area (Å²) in [7, 11) is 0. The average Bonchev–Trinajstić information content (AvgIpc) is 2.28. The van der Waals surface area contributed by atoms with Gasteiger partial charge in [-0.05, 0) is 25.5 Å². The second-order valence-electron chi connectivity index (χ2n) is 3.49. The number of ether oxygens (including phenoxy) is 2. The minimum absolute atomic E-state index is 0.129. The van der Waals surface area contributed by atoms with Crippen LogP contribution in [0.15, 0.2) is 24.3 Å². The molecule has 16 heavy (non-hydrogen) atoms. The lowest BCUT2D eigenvalue weighted by atomic mass is 10.2. The first-order chi connectivity index (χ1) is 7.76. The Morgan fingerprint density at radius 1 is 1.19 bits per heavy atom. The quantitative estimate of drug-likeness (QED) is 0.711. The molecule has 0 aliphatic carbocycles. The zero-order valence-electron chi connectivity index (χ0n) is 9.86. The van der Waals surface area contributed by atoms with E-state index in [0.29, 0.717) is 18.8 Å². The maximum atomic E-state index is 11.3. The Kier molecular flexibility index (Phi) is 5.40. The van der Waals surface area contributed by atoms with Gasteiger partial charge in [0.05, 0.1) is 6.61 Å². The van der Waals surface area contributed by atoms with Crippen molar-refractivity contribution < 1.29 is 14.3 Å². The summed E-state index contributed by atoms with van der Waals surface area (Å²) in [6.07, 6.45) is 1.44. The van der Waals surface area contributed by atoms with Gasteiger partial charge >= 0.3 is 0 Å². The summed E-state index contributed by atoms with van der Waals surface area (Å²) in [5, 5.41) is 0. The lowest BCUT2D eigenvalue weighted by Crippen LogP contribution is -2.10. The van der Waals surface area contributed by atoms with E-state index < -0.39 is 0 Å². The van der Waals surface area contributed by atoms with Crippen LogP contribution in [0.5, 0.6) is 11.5 Å². The highest BCUT2D eigenvalue weighted by Crippen LogP contribution is 2.19. The Labute approximate surface area is 96.4 Å². The SMILES string of the molecule is CCCC(=O)COc1cccc(OCC)c1. The van der Waals surface area contributed by atoms with E-state index >= 15 is 0 Å². The van der Waals surface area contributed by atoms with Gasteiger partial charge in [0, 0.05) is 12.5 Å². The Morgan fingerprint density at radius 3 is 2.50 bits per heavy atom. The molecule has 0 aliphatic heterocycles. The van der Waals surface area contributed by atoms with Crippen LogP contribution in [0.1, 0.15) is 26.7 Å². The summed E-state index contributed by atoms with van der Waals surface area (Å²) in [5.41, 5.74) is 0. The highest BCUT2D eigenvalue weighted by atomic mass is 16.5. The summed E-state index contributed by atoms with van der Waals surface area (Å²) < 4.78 is 10.7. The third-order valence-electron chi connectivity index (χ3n) is 2.05. The first-order valence-electron chi connectivity index (χ1n) is 5.63. The molecule has 0 saturated heterocycles. The average molecular weight is 222 g/mol. The number of carbonyl (C=O) groups excluding carboxylic acids is 1. The van der Waals surface area contributed by atoms with Gasteiger partial charge in [0.15, 0.2) is 5.78 Å². The van der Waals surface area contributed by atoms with Crippen molar-refractivity contribution in [2.45, 2.75) is 26.7 Å². The largest absolute Gasteiger partial charge is 0.494 e. The van der Waals surface area contributed by atoms with Crippen LogP contribution in [0.25, 0.3) is 0 Å². The predicted octanol–water partition coefficient (Wildman–Crippen LogP) is 2.83. The molecule has 1 aromatic carbocycles. The molecule has 88 valence electrons. The molecule has 0 unspecified atom stereocenters. The van der Waals surface area contributed by atoms with E-state index in [4.69, 9.17) is 9.47 Å². The van der Waals surface area contributed by atoms with E-state index in [-0.39, 0.29) is 12.4 Å². The van der Waals surface area contributed by atoms with Gasteiger partial charge in [-0.15, -0.1) is 0 Å². The van der Waals surface area contributed by atoms with Crippen LogP contribution in [0, 0.1) is 0 Å². The fourth-order valence-corrected chi connectivity index (χ4v) is 1.34. The summed E-state index contributed by atoms with van der Waals surface area (Å²) in [5.74, 6) is 1.57. The van der Waals surface area contributed by atoms with Crippen molar-refractivity contribution in [3.8, 4) is 11.5 Å². The standard InChI is InChI=1S/C13H18O3/c1-3-6-11(14)10-16-13-8-5-7-12(9-13)15-4-2/h5,7-9H,3-4,6,10H2,1-2H3. The lowest BCUT2D eigenvalue weighted by Gasteiger charge is -2.07. The van der Waals surface area contributed by atoms with Gasteiger partial charge in [-0.25, -0.2) is 0 Å². The van der Waals surface area contributed by atoms with Gasteiger partial charge in [0.25, 0.3) is 0 Å². The number of carbonyl (C=O) groups is 1. The minimum Gasteiger partial charge on any atom is -0.494 e. The van der Waals surface area contributed by atoms with Crippen molar-refractivity contribution >= 4 is 5.78 Å². The summed E-state index contributed by atoms with van der Waals surface area (Å²) >= 11 is 0. The number of Topliss-reactive ketones (excluding diaryl/α,β-unsaturated/α-hetero) is 1. The molecule has 0 aliphatic rings. The van der Waals surface area contributed by atoms with E-state index in [0.717, 1.165) is 12.2 Å². The molecule has 1 rings (SSSR count). The molecular weight excluding hydrogens is 204 g/mol. The van der Waals surface area contributed by atoms with E-state index in [1.165, 1.54) is 0 Å². The molecule has 0 saturated carbocycles. The van der Waals surface area contributed by atoms with Crippen LogP contribution < -0.4 is 9.47 Å². The van der Waals surface area contributed by atoms with Gasteiger partial charge in [-0.2, -0.15) is 0 Å². The predicted molar refractivity (Wildman–Crippen MR) is 63.0 cm³/mol. The van der Waals surface area contributed by atoms with Crippen LogP contribution in [0.3, 0.4) is 0 Å². The first-order valence-corrected chi connectivity index (χ1v) is 5.63. The zero-order chi connectivity index (χ0) is 11.8. The van der Waals surface area contributed by atoms with Crippen molar-refractivity contribution in [1.29, 1.82) is 0 Å². The summed E-state index contributed by atoms with van der Waals surface area (Å²) in [6.45, 7) is 4.67. The molecule has 0 atom stereocenters. The van der Waals surface area contributed by atoms with E-state index in [9.17, 15) is 4.79 Å². The van der Waals surface area contributed by atoms with Gasteiger partial charge in [0.1, 0.15) is 18.1 Å².